The van der Waals surface area contributed by atoms with E-state index in [4.69, 9.17) is 9.47 Å². The summed E-state index contributed by atoms with van der Waals surface area (Å²) in [6.45, 7) is 7.50. The Kier molecular flexibility index (Phi) is 7.08. The van der Waals surface area contributed by atoms with E-state index in [9.17, 15) is 4.79 Å². The molecule has 1 aliphatic rings. The Bertz CT molecular complexity index is 228. The highest BCUT2D eigenvalue weighted by Crippen LogP contribution is 2.16. The summed E-state index contributed by atoms with van der Waals surface area (Å²) in [6, 6.07) is 0. The quantitative estimate of drug-likeness (QED) is 0.555. The van der Waals surface area contributed by atoms with E-state index in [1.54, 1.807) is 0 Å². The average molecular weight is 308 g/mol. The number of hydrogen-bond acceptors (Lipinski definition) is 3. The fourth-order valence-electron chi connectivity index (χ4n) is 1.91. The predicted octanol–water partition coefficient (Wildman–Crippen LogP) is 1.81. The lowest BCUT2D eigenvalue weighted by molar-refractivity contribution is -0.133. The molecule has 17 heavy (non-hydrogen) atoms. The van der Waals surface area contributed by atoms with Gasteiger partial charge < -0.3 is 14.4 Å². The van der Waals surface area contributed by atoms with Gasteiger partial charge in [0, 0.05) is 19.7 Å². The number of piperidine rings is 1. The third-order valence-corrected chi connectivity index (χ3v) is 3.27. The molecule has 0 aromatic heterocycles. The maximum absolute atomic E-state index is 11.7. The van der Waals surface area contributed by atoms with E-state index in [2.05, 4.69) is 15.9 Å². The molecule has 100 valence electrons. The molecule has 5 heteroatoms. The van der Waals surface area contributed by atoms with Crippen LogP contribution in [0.15, 0.2) is 0 Å². The number of amides is 1. The predicted molar refractivity (Wildman–Crippen MR) is 70.4 cm³/mol. The molecule has 0 aliphatic carbocycles. The zero-order chi connectivity index (χ0) is 12.7. The van der Waals surface area contributed by atoms with Crippen molar-refractivity contribution in [2.45, 2.75) is 37.6 Å². The Labute approximate surface area is 112 Å². The van der Waals surface area contributed by atoms with Gasteiger partial charge in [0.05, 0.1) is 24.1 Å². The summed E-state index contributed by atoms with van der Waals surface area (Å²) in [5.74, 6) is 0.178. The first-order valence-electron chi connectivity index (χ1n) is 6.27. The van der Waals surface area contributed by atoms with Crippen molar-refractivity contribution in [2.24, 2.45) is 0 Å². The topological polar surface area (TPSA) is 38.8 Å². The van der Waals surface area contributed by atoms with Gasteiger partial charge in [-0.3, -0.25) is 4.79 Å². The molecule has 0 aromatic rings. The van der Waals surface area contributed by atoms with E-state index >= 15 is 0 Å². The summed E-state index contributed by atoms with van der Waals surface area (Å²) < 4.78 is 10.9. The van der Waals surface area contributed by atoms with Crippen molar-refractivity contribution in [1.82, 2.24) is 4.90 Å². The van der Waals surface area contributed by atoms with Gasteiger partial charge in [-0.2, -0.15) is 0 Å². The van der Waals surface area contributed by atoms with Gasteiger partial charge in [0.25, 0.3) is 0 Å². The first-order chi connectivity index (χ1) is 8.15. The Hall–Kier alpha value is -0.130. The van der Waals surface area contributed by atoms with Crippen LogP contribution in [0.3, 0.4) is 0 Å². The van der Waals surface area contributed by atoms with E-state index in [0.717, 1.165) is 32.5 Å². The van der Waals surface area contributed by atoms with E-state index in [-0.39, 0.29) is 16.8 Å². The summed E-state index contributed by atoms with van der Waals surface area (Å²) in [5, 5.41) is 0. The highest BCUT2D eigenvalue weighted by molar-refractivity contribution is 9.10. The van der Waals surface area contributed by atoms with E-state index < -0.39 is 0 Å². The van der Waals surface area contributed by atoms with Gasteiger partial charge in [0.1, 0.15) is 0 Å². The fourth-order valence-corrected chi connectivity index (χ4v) is 2.20. The van der Waals surface area contributed by atoms with Gasteiger partial charge in [0.2, 0.25) is 5.91 Å². The van der Waals surface area contributed by atoms with Crippen LogP contribution < -0.4 is 0 Å². The van der Waals surface area contributed by atoms with Crippen LogP contribution in [0.5, 0.6) is 0 Å². The number of rotatable bonds is 6. The third-order valence-electron chi connectivity index (χ3n) is 2.88. The minimum absolute atomic E-state index is 0.0853. The lowest BCUT2D eigenvalue weighted by Crippen LogP contribution is -2.43. The number of halogens is 1. The van der Waals surface area contributed by atoms with Crippen molar-refractivity contribution in [1.29, 1.82) is 0 Å². The van der Waals surface area contributed by atoms with Gasteiger partial charge in [0.15, 0.2) is 0 Å². The van der Waals surface area contributed by atoms with Crippen LogP contribution in [0.4, 0.5) is 0 Å². The lowest BCUT2D eigenvalue weighted by atomic mass is 10.1. The molecule has 1 rings (SSSR count). The maximum Gasteiger partial charge on any atom is 0.236 e. The van der Waals surface area contributed by atoms with Crippen molar-refractivity contribution in [3.05, 3.63) is 0 Å². The first-order valence-corrected chi connectivity index (χ1v) is 7.19. The van der Waals surface area contributed by atoms with Crippen molar-refractivity contribution >= 4 is 21.8 Å². The summed E-state index contributed by atoms with van der Waals surface area (Å²) >= 11 is 3.31. The molecular formula is C12H22BrNO3. The smallest absolute Gasteiger partial charge is 0.236 e. The lowest BCUT2D eigenvalue weighted by Gasteiger charge is -2.32. The molecule has 1 heterocycles. The Morgan fingerprint density at radius 1 is 1.41 bits per heavy atom. The molecule has 1 atom stereocenters. The molecular weight excluding hydrogens is 286 g/mol. The van der Waals surface area contributed by atoms with Crippen LogP contribution >= 0.6 is 15.9 Å². The Balaban J connectivity index is 2.15. The van der Waals surface area contributed by atoms with Crippen LogP contribution in [-0.4, -0.2) is 54.6 Å². The van der Waals surface area contributed by atoms with Crippen molar-refractivity contribution in [3.63, 3.8) is 0 Å². The minimum Gasteiger partial charge on any atom is -0.379 e. The van der Waals surface area contributed by atoms with E-state index in [1.165, 1.54) is 0 Å². The standard InChI is InChI=1S/C12H22BrNO3/c1-3-16-8-9-17-11-4-6-14(7-5-11)12(15)10(2)13/h10-11H,3-9H2,1-2H3. The number of carbonyl (C=O) groups excluding carboxylic acids is 1. The van der Waals surface area contributed by atoms with Gasteiger partial charge in [-0.05, 0) is 26.7 Å². The molecule has 1 amide bonds. The molecule has 4 nitrogen and oxygen atoms in total. The zero-order valence-corrected chi connectivity index (χ0v) is 12.2. The number of likely N-dealkylation sites (tertiary alicyclic amines) is 1. The van der Waals surface area contributed by atoms with E-state index in [1.807, 2.05) is 18.7 Å². The van der Waals surface area contributed by atoms with Crippen molar-refractivity contribution in [2.75, 3.05) is 32.9 Å². The van der Waals surface area contributed by atoms with Gasteiger partial charge in [-0.15, -0.1) is 0 Å². The molecule has 0 spiro atoms. The average Bonchev–Trinajstić information content (AvgIpc) is 2.34. The number of ether oxygens (including phenoxy) is 2. The molecule has 0 bridgehead atoms. The second-order valence-corrected chi connectivity index (χ2v) is 5.58. The highest BCUT2D eigenvalue weighted by atomic mass is 79.9. The van der Waals surface area contributed by atoms with Crippen LogP contribution in [0, 0.1) is 0 Å². The monoisotopic (exact) mass is 307 g/mol. The number of nitrogens with zero attached hydrogens (tertiary/aromatic N) is 1. The third kappa shape index (κ3) is 5.36. The summed E-state index contributed by atoms with van der Waals surface area (Å²) in [6.07, 6.45) is 2.14. The molecule has 1 unspecified atom stereocenters. The summed E-state index contributed by atoms with van der Waals surface area (Å²) in [7, 11) is 0. The number of carbonyl (C=O) groups is 1. The molecule has 0 N–H and O–H groups in total. The summed E-state index contributed by atoms with van der Waals surface area (Å²) in [4.78, 5) is 13.5. The Morgan fingerprint density at radius 2 is 2.06 bits per heavy atom. The van der Waals surface area contributed by atoms with E-state index in [0.29, 0.717) is 13.2 Å². The minimum atomic E-state index is -0.0853. The molecule has 1 fully saturated rings. The molecule has 0 saturated carbocycles. The maximum atomic E-state index is 11.7. The fraction of sp³-hybridized carbons (Fsp3) is 0.917. The van der Waals surface area contributed by atoms with Gasteiger partial charge in [-0.1, -0.05) is 15.9 Å². The molecule has 0 aromatic carbocycles. The van der Waals surface area contributed by atoms with Crippen LogP contribution in [0.25, 0.3) is 0 Å². The normalized spacial score (nSPS) is 19.4. The highest BCUT2D eigenvalue weighted by Gasteiger charge is 2.24. The van der Waals surface area contributed by atoms with Crippen LogP contribution in [0.2, 0.25) is 0 Å². The summed E-state index contributed by atoms with van der Waals surface area (Å²) in [5.41, 5.74) is 0. The first kappa shape index (κ1) is 14.9. The SMILES string of the molecule is CCOCCOC1CCN(C(=O)C(C)Br)CC1. The molecule has 0 radical (unpaired) electrons. The van der Waals surface area contributed by atoms with Crippen LogP contribution in [0.1, 0.15) is 26.7 Å². The second-order valence-electron chi connectivity index (χ2n) is 4.21. The second kappa shape index (κ2) is 8.06. The zero-order valence-electron chi connectivity index (χ0n) is 10.7. The molecule has 1 aliphatic heterocycles. The van der Waals surface area contributed by atoms with Gasteiger partial charge >= 0.3 is 0 Å². The van der Waals surface area contributed by atoms with Gasteiger partial charge in [-0.25, -0.2) is 0 Å². The van der Waals surface area contributed by atoms with Crippen molar-refractivity contribution in [3.8, 4) is 0 Å². The van der Waals surface area contributed by atoms with Crippen molar-refractivity contribution < 1.29 is 14.3 Å². The Morgan fingerprint density at radius 3 is 2.59 bits per heavy atom. The molecule has 1 saturated heterocycles. The van der Waals surface area contributed by atoms with Crippen LogP contribution in [-0.2, 0) is 14.3 Å². The largest absolute Gasteiger partial charge is 0.379 e. The number of alkyl halides is 1. The number of hydrogen-bond donors (Lipinski definition) is 0.